The Labute approximate surface area is 168 Å². The van der Waals surface area contributed by atoms with Crippen molar-refractivity contribution in [3.8, 4) is 5.88 Å². The number of ether oxygens (including phenoxy) is 3. The zero-order valence-electron chi connectivity index (χ0n) is 16.2. The molecule has 0 radical (unpaired) electrons. The summed E-state index contributed by atoms with van der Waals surface area (Å²) < 4.78 is 16.5. The summed E-state index contributed by atoms with van der Waals surface area (Å²) in [6.45, 7) is 3.57. The second-order valence-electron chi connectivity index (χ2n) is 6.42. The molecule has 0 saturated heterocycles. The first kappa shape index (κ1) is 20.4. The van der Waals surface area contributed by atoms with Crippen molar-refractivity contribution in [2.45, 2.75) is 32.9 Å². The van der Waals surface area contributed by atoms with Crippen LogP contribution in [0.1, 0.15) is 35.8 Å². The zero-order valence-corrected chi connectivity index (χ0v) is 16.2. The van der Waals surface area contributed by atoms with Gasteiger partial charge in [0.2, 0.25) is 5.88 Å². The third-order valence-corrected chi connectivity index (χ3v) is 4.35. The standard InChI is InChI=1S/C20H23N3O6/c1-2-27-18(24)9-6-10-22-11-12-23-16(19(22)25)13-17(21-23)29-20(26)28-14-15-7-4-3-5-8-15/h3-5,7-8,13H,2,6,9-12,14H2,1H3. The highest BCUT2D eigenvalue weighted by Gasteiger charge is 2.27. The van der Waals surface area contributed by atoms with Crippen LogP contribution in [0, 0.1) is 0 Å². The minimum atomic E-state index is -0.886. The first-order chi connectivity index (χ1) is 14.1. The number of hydrogen-bond acceptors (Lipinski definition) is 7. The number of amides is 1. The topological polar surface area (TPSA) is 100.0 Å². The van der Waals surface area contributed by atoms with Gasteiger partial charge in [0.25, 0.3) is 5.91 Å². The molecule has 1 aromatic carbocycles. The fourth-order valence-electron chi connectivity index (χ4n) is 2.96. The molecular formula is C20H23N3O6. The van der Waals surface area contributed by atoms with Gasteiger partial charge in [0, 0.05) is 25.6 Å². The molecule has 1 aliphatic heterocycles. The van der Waals surface area contributed by atoms with Crippen molar-refractivity contribution < 1.29 is 28.6 Å². The van der Waals surface area contributed by atoms with Crippen molar-refractivity contribution in [3.63, 3.8) is 0 Å². The number of carbonyl (C=O) groups is 3. The Morgan fingerprint density at radius 2 is 1.93 bits per heavy atom. The van der Waals surface area contributed by atoms with Gasteiger partial charge in [-0.05, 0) is 18.9 Å². The number of esters is 1. The number of rotatable bonds is 8. The van der Waals surface area contributed by atoms with E-state index in [1.54, 1.807) is 11.8 Å². The molecular weight excluding hydrogens is 378 g/mol. The van der Waals surface area contributed by atoms with E-state index in [0.717, 1.165) is 5.56 Å². The number of carbonyl (C=O) groups excluding carboxylic acids is 3. The number of aromatic nitrogens is 2. The number of nitrogens with zero attached hydrogens (tertiary/aromatic N) is 3. The fraction of sp³-hybridized carbons (Fsp3) is 0.400. The van der Waals surface area contributed by atoms with Crippen molar-refractivity contribution in [1.82, 2.24) is 14.7 Å². The van der Waals surface area contributed by atoms with Crippen molar-refractivity contribution >= 4 is 18.0 Å². The number of benzene rings is 1. The van der Waals surface area contributed by atoms with Crippen LogP contribution in [0.4, 0.5) is 4.79 Å². The molecule has 1 amide bonds. The third kappa shape index (κ3) is 5.56. The Morgan fingerprint density at radius 3 is 2.69 bits per heavy atom. The SMILES string of the molecule is CCOC(=O)CCCN1CCn2nc(OC(=O)OCc3ccccc3)cc2C1=O. The molecule has 9 heteroatoms. The number of fused-ring (bicyclic) bond motifs is 1. The van der Waals surface area contributed by atoms with Crippen LogP contribution in [0.25, 0.3) is 0 Å². The minimum Gasteiger partial charge on any atom is -0.466 e. The monoisotopic (exact) mass is 401 g/mol. The average molecular weight is 401 g/mol. The van der Waals surface area contributed by atoms with E-state index in [0.29, 0.717) is 38.4 Å². The molecule has 0 spiro atoms. The lowest BCUT2D eigenvalue weighted by molar-refractivity contribution is -0.143. The van der Waals surface area contributed by atoms with Gasteiger partial charge in [0.05, 0.1) is 13.2 Å². The Bertz CT molecular complexity index is 864. The highest BCUT2D eigenvalue weighted by atomic mass is 16.7. The molecule has 3 rings (SSSR count). The maximum atomic E-state index is 12.6. The molecule has 0 saturated carbocycles. The predicted molar refractivity (Wildman–Crippen MR) is 101 cm³/mol. The lowest BCUT2D eigenvalue weighted by Gasteiger charge is -2.27. The van der Waals surface area contributed by atoms with Crippen LogP contribution in [0.5, 0.6) is 5.88 Å². The molecule has 29 heavy (non-hydrogen) atoms. The lowest BCUT2D eigenvalue weighted by atomic mass is 10.2. The smallest absolute Gasteiger partial charge is 0.466 e. The summed E-state index contributed by atoms with van der Waals surface area (Å²) in [5.74, 6) is -0.480. The summed E-state index contributed by atoms with van der Waals surface area (Å²) in [4.78, 5) is 37.5. The van der Waals surface area contributed by atoms with Gasteiger partial charge < -0.3 is 19.1 Å². The molecule has 9 nitrogen and oxygen atoms in total. The van der Waals surface area contributed by atoms with Gasteiger partial charge >= 0.3 is 12.1 Å². The predicted octanol–water partition coefficient (Wildman–Crippen LogP) is 2.40. The Hall–Kier alpha value is -3.36. The summed E-state index contributed by atoms with van der Waals surface area (Å²) in [5.41, 5.74) is 1.17. The van der Waals surface area contributed by atoms with Crippen LogP contribution >= 0.6 is 0 Å². The van der Waals surface area contributed by atoms with Crippen LogP contribution in [0.3, 0.4) is 0 Å². The molecule has 154 valence electrons. The first-order valence-electron chi connectivity index (χ1n) is 9.48. The molecule has 1 aliphatic rings. The molecule has 0 unspecified atom stereocenters. The minimum absolute atomic E-state index is 0.0137. The Morgan fingerprint density at radius 1 is 1.14 bits per heavy atom. The summed E-state index contributed by atoms with van der Waals surface area (Å²) in [5, 5.41) is 4.14. The van der Waals surface area contributed by atoms with Gasteiger partial charge in [-0.2, -0.15) is 0 Å². The van der Waals surface area contributed by atoms with Gasteiger partial charge in [-0.3, -0.25) is 14.3 Å². The lowest BCUT2D eigenvalue weighted by Crippen LogP contribution is -2.41. The fourth-order valence-corrected chi connectivity index (χ4v) is 2.96. The van der Waals surface area contributed by atoms with E-state index in [-0.39, 0.29) is 30.8 Å². The second-order valence-corrected chi connectivity index (χ2v) is 6.42. The van der Waals surface area contributed by atoms with E-state index in [2.05, 4.69) is 5.10 Å². The van der Waals surface area contributed by atoms with E-state index in [9.17, 15) is 14.4 Å². The van der Waals surface area contributed by atoms with Crippen LogP contribution in [0.2, 0.25) is 0 Å². The summed E-state index contributed by atoms with van der Waals surface area (Å²) in [7, 11) is 0. The third-order valence-electron chi connectivity index (χ3n) is 4.35. The Kier molecular flexibility index (Phi) is 6.83. The average Bonchev–Trinajstić information content (AvgIpc) is 3.12. The van der Waals surface area contributed by atoms with Gasteiger partial charge in [0.1, 0.15) is 12.3 Å². The molecule has 0 aliphatic carbocycles. The molecule has 1 aromatic heterocycles. The zero-order chi connectivity index (χ0) is 20.6. The molecule has 0 N–H and O–H groups in total. The largest absolute Gasteiger partial charge is 0.515 e. The molecule has 0 atom stereocenters. The maximum absolute atomic E-state index is 12.6. The van der Waals surface area contributed by atoms with E-state index in [1.165, 1.54) is 10.7 Å². The van der Waals surface area contributed by atoms with Crippen molar-refractivity contribution in [2.75, 3.05) is 19.7 Å². The van der Waals surface area contributed by atoms with Crippen molar-refractivity contribution in [3.05, 3.63) is 47.7 Å². The molecule has 0 fully saturated rings. The van der Waals surface area contributed by atoms with Crippen LogP contribution in [-0.2, 0) is 27.4 Å². The first-order valence-corrected chi connectivity index (χ1v) is 9.48. The van der Waals surface area contributed by atoms with Crippen LogP contribution in [-0.4, -0.2) is 52.4 Å². The molecule has 2 aromatic rings. The quantitative estimate of drug-likeness (QED) is 0.626. The van der Waals surface area contributed by atoms with Crippen LogP contribution < -0.4 is 4.74 Å². The second kappa shape index (κ2) is 9.72. The van der Waals surface area contributed by atoms with E-state index >= 15 is 0 Å². The van der Waals surface area contributed by atoms with E-state index in [4.69, 9.17) is 14.2 Å². The van der Waals surface area contributed by atoms with E-state index in [1.807, 2.05) is 30.3 Å². The summed E-state index contributed by atoms with van der Waals surface area (Å²) in [6, 6.07) is 10.6. The van der Waals surface area contributed by atoms with Gasteiger partial charge in [-0.15, -0.1) is 5.10 Å². The van der Waals surface area contributed by atoms with Crippen LogP contribution in [0.15, 0.2) is 36.4 Å². The van der Waals surface area contributed by atoms with Crippen molar-refractivity contribution in [2.24, 2.45) is 0 Å². The molecule has 0 bridgehead atoms. The highest BCUT2D eigenvalue weighted by molar-refractivity contribution is 5.93. The summed E-state index contributed by atoms with van der Waals surface area (Å²) in [6.07, 6.45) is -0.102. The normalized spacial score (nSPS) is 13.0. The maximum Gasteiger partial charge on any atom is 0.515 e. The van der Waals surface area contributed by atoms with Gasteiger partial charge in [0.15, 0.2) is 0 Å². The number of hydrogen-bond donors (Lipinski definition) is 0. The molecule has 2 heterocycles. The van der Waals surface area contributed by atoms with E-state index < -0.39 is 6.16 Å². The summed E-state index contributed by atoms with van der Waals surface area (Å²) >= 11 is 0. The van der Waals surface area contributed by atoms with Crippen molar-refractivity contribution in [1.29, 1.82) is 0 Å². The van der Waals surface area contributed by atoms with Gasteiger partial charge in [-0.25, -0.2) is 4.79 Å². The highest BCUT2D eigenvalue weighted by Crippen LogP contribution is 2.19. The van der Waals surface area contributed by atoms with Gasteiger partial charge in [-0.1, -0.05) is 30.3 Å². The Balaban J connectivity index is 1.50.